The van der Waals surface area contributed by atoms with Crippen molar-refractivity contribution in [3.05, 3.63) is 188 Å². The van der Waals surface area contributed by atoms with Gasteiger partial charge in [0, 0.05) is 48.0 Å². The van der Waals surface area contributed by atoms with Gasteiger partial charge in [0.15, 0.2) is 0 Å². The topological polar surface area (TPSA) is 14.8 Å². The normalized spacial score (nSPS) is 12.6. The van der Waals surface area contributed by atoms with Gasteiger partial charge in [0.05, 0.1) is 33.4 Å². The number of para-hydroxylation sites is 4. The Morgan fingerprint density at radius 2 is 1.09 bits per heavy atom. The molecule has 0 bridgehead atoms. The summed E-state index contributed by atoms with van der Waals surface area (Å²) in [6, 6.07) is 69.4. The van der Waals surface area contributed by atoms with E-state index in [2.05, 4.69) is 202 Å². The highest BCUT2D eigenvalue weighted by molar-refractivity contribution is 7.99. The fourth-order valence-electron chi connectivity index (χ4n) is 9.63. The summed E-state index contributed by atoms with van der Waals surface area (Å²) in [6.45, 7) is 0. The molecule has 13 rings (SSSR count). The molecule has 0 saturated carbocycles. The SMILES string of the molecule is c1ccc(-n2c3ccccc3c3c4cccc5c4n(c32)-c2cc(-c3ccccc3-n3c4cc6ccccc6cc4c4c6ccccc6ccc43)ccc2S5)cc1. The van der Waals surface area contributed by atoms with Crippen LogP contribution in [0.4, 0.5) is 0 Å². The van der Waals surface area contributed by atoms with Crippen LogP contribution in [0.3, 0.4) is 0 Å². The van der Waals surface area contributed by atoms with Gasteiger partial charge in [0.1, 0.15) is 5.65 Å². The average Bonchev–Trinajstić information content (AvgIpc) is 3.89. The summed E-state index contributed by atoms with van der Waals surface area (Å²) in [7, 11) is 0. The van der Waals surface area contributed by atoms with Gasteiger partial charge in [-0.25, -0.2) is 0 Å². The Kier molecular flexibility index (Phi) is 6.10. The zero-order valence-electron chi connectivity index (χ0n) is 30.1. The highest BCUT2D eigenvalue weighted by Gasteiger charge is 2.28. The Balaban J connectivity index is 1.11. The van der Waals surface area contributed by atoms with Crippen LogP contribution in [0.2, 0.25) is 0 Å². The van der Waals surface area contributed by atoms with Gasteiger partial charge >= 0.3 is 0 Å². The molecule has 0 radical (unpaired) electrons. The lowest BCUT2D eigenvalue weighted by Crippen LogP contribution is -2.06. The van der Waals surface area contributed by atoms with Crippen LogP contribution < -0.4 is 0 Å². The lowest BCUT2D eigenvalue weighted by molar-refractivity contribution is 1.03. The van der Waals surface area contributed by atoms with Crippen LogP contribution >= 0.6 is 11.8 Å². The molecule has 0 N–H and O–H groups in total. The molecule has 0 unspecified atom stereocenters. The molecule has 3 nitrogen and oxygen atoms in total. The first-order valence-corrected chi connectivity index (χ1v) is 20.0. The molecule has 260 valence electrons. The molecular formula is C52H31N3S. The molecule has 0 amide bonds. The van der Waals surface area contributed by atoms with E-state index in [1.807, 2.05) is 11.8 Å². The second-order valence-corrected chi connectivity index (χ2v) is 16.0. The zero-order chi connectivity index (χ0) is 36.5. The van der Waals surface area contributed by atoms with Crippen LogP contribution in [-0.4, -0.2) is 13.7 Å². The summed E-state index contributed by atoms with van der Waals surface area (Å²) in [5, 5.41) is 11.5. The third kappa shape index (κ3) is 4.03. The molecule has 0 aliphatic carbocycles. The molecule has 0 fully saturated rings. The van der Waals surface area contributed by atoms with Crippen molar-refractivity contribution in [2.75, 3.05) is 0 Å². The smallest absolute Gasteiger partial charge is 0.131 e. The second kappa shape index (κ2) is 11.3. The van der Waals surface area contributed by atoms with E-state index in [1.165, 1.54) is 108 Å². The maximum absolute atomic E-state index is 2.55. The predicted octanol–water partition coefficient (Wildman–Crippen LogP) is 14.3. The fraction of sp³-hybridized carbons (Fsp3) is 0. The van der Waals surface area contributed by atoms with Gasteiger partial charge in [-0.05, 0) is 87.8 Å². The van der Waals surface area contributed by atoms with Gasteiger partial charge in [0.2, 0.25) is 0 Å². The van der Waals surface area contributed by atoms with Gasteiger partial charge in [-0.1, -0.05) is 139 Å². The Morgan fingerprint density at radius 3 is 1.98 bits per heavy atom. The van der Waals surface area contributed by atoms with Crippen molar-refractivity contribution in [2.45, 2.75) is 9.79 Å². The van der Waals surface area contributed by atoms with E-state index in [0.717, 1.165) is 5.69 Å². The van der Waals surface area contributed by atoms with Crippen molar-refractivity contribution in [1.29, 1.82) is 0 Å². The first-order chi connectivity index (χ1) is 27.8. The molecule has 1 aliphatic heterocycles. The predicted molar refractivity (Wildman–Crippen MR) is 237 cm³/mol. The quantitative estimate of drug-likeness (QED) is 0.177. The fourth-order valence-corrected chi connectivity index (χ4v) is 10.7. The number of benzene rings is 9. The molecule has 4 heterocycles. The van der Waals surface area contributed by atoms with Crippen molar-refractivity contribution in [2.24, 2.45) is 0 Å². The van der Waals surface area contributed by atoms with Gasteiger partial charge in [-0.15, -0.1) is 0 Å². The standard InChI is InChI=1S/C52H31N3S/c1-2-16-36(17-3-1)53-43-23-11-9-20-39(43)50-40-21-12-24-48-51(40)55(52(50)53)46-31-35(26-28-47(46)56-48)37-18-8-10-22-42(37)54-44-27-25-32-13-6-7-19-38(32)49(44)41-29-33-14-4-5-15-34(33)30-45(41)54/h1-31H. The molecule has 12 aromatic rings. The van der Waals surface area contributed by atoms with Gasteiger partial charge in [-0.3, -0.25) is 9.13 Å². The van der Waals surface area contributed by atoms with E-state index in [9.17, 15) is 0 Å². The highest BCUT2D eigenvalue weighted by Crippen LogP contribution is 2.50. The Labute approximate surface area is 326 Å². The molecule has 9 aromatic carbocycles. The first kappa shape index (κ1) is 30.3. The minimum atomic E-state index is 1.16. The van der Waals surface area contributed by atoms with Gasteiger partial charge in [0.25, 0.3) is 0 Å². The summed E-state index contributed by atoms with van der Waals surface area (Å²) in [5.41, 5.74) is 12.0. The summed E-state index contributed by atoms with van der Waals surface area (Å²) >= 11 is 1.88. The number of hydrogen-bond donors (Lipinski definition) is 0. The maximum atomic E-state index is 2.55. The van der Waals surface area contributed by atoms with Crippen molar-refractivity contribution >= 4 is 88.0 Å². The summed E-state index contributed by atoms with van der Waals surface area (Å²) in [4.78, 5) is 2.54. The molecule has 0 atom stereocenters. The molecule has 56 heavy (non-hydrogen) atoms. The summed E-state index contributed by atoms with van der Waals surface area (Å²) in [5.74, 6) is 0. The Hall–Kier alpha value is -7.01. The van der Waals surface area contributed by atoms with Crippen molar-refractivity contribution < 1.29 is 0 Å². The molecule has 1 aliphatic rings. The number of hydrogen-bond acceptors (Lipinski definition) is 1. The van der Waals surface area contributed by atoms with Crippen LogP contribution in [0, 0.1) is 0 Å². The maximum Gasteiger partial charge on any atom is 0.131 e. The minimum absolute atomic E-state index is 1.16. The third-order valence-corrected chi connectivity index (χ3v) is 13.1. The van der Waals surface area contributed by atoms with E-state index in [-0.39, 0.29) is 0 Å². The van der Waals surface area contributed by atoms with E-state index in [1.54, 1.807) is 0 Å². The third-order valence-electron chi connectivity index (χ3n) is 12.0. The van der Waals surface area contributed by atoms with Crippen LogP contribution in [0.5, 0.6) is 0 Å². The number of aromatic nitrogens is 3. The average molecular weight is 730 g/mol. The molecule has 4 heteroatoms. The van der Waals surface area contributed by atoms with Gasteiger partial charge < -0.3 is 4.57 Å². The Morgan fingerprint density at radius 1 is 0.357 bits per heavy atom. The Bertz CT molecular complexity index is 3620. The number of nitrogens with zero attached hydrogens (tertiary/aromatic N) is 3. The van der Waals surface area contributed by atoms with Gasteiger partial charge in [-0.2, -0.15) is 0 Å². The van der Waals surface area contributed by atoms with Crippen LogP contribution in [0.15, 0.2) is 198 Å². The van der Waals surface area contributed by atoms with E-state index >= 15 is 0 Å². The lowest BCUT2D eigenvalue weighted by atomic mass is 10.0. The van der Waals surface area contributed by atoms with Crippen molar-refractivity contribution in [1.82, 2.24) is 13.7 Å². The minimum Gasteiger partial charge on any atom is -0.309 e. The molecule has 3 aromatic heterocycles. The first-order valence-electron chi connectivity index (χ1n) is 19.2. The summed E-state index contributed by atoms with van der Waals surface area (Å²) in [6.07, 6.45) is 0. The van der Waals surface area contributed by atoms with Crippen molar-refractivity contribution in [3.8, 4) is 28.2 Å². The lowest BCUT2D eigenvalue weighted by Gasteiger charge is -2.22. The molecule has 0 saturated heterocycles. The van der Waals surface area contributed by atoms with Crippen LogP contribution in [0.1, 0.15) is 0 Å². The van der Waals surface area contributed by atoms with Crippen molar-refractivity contribution in [3.63, 3.8) is 0 Å². The zero-order valence-corrected chi connectivity index (χ0v) is 31.0. The van der Waals surface area contributed by atoms with E-state index < -0.39 is 0 Å². The molecule has 0 spiro atoms. The monoisotopic (exact) mass is 729 g/mol. The number of fused-ring (bicyclic) bond motifs is 13. The van der Waals surface area contributed by atoms with Crippen LogP contribution in [0.25, 0.3) is 104 Å². The number of rotatable bonds is 3. The van der Waals surface area contributed by atoms with Crippen LogP contribution in [-0.2, 0) is 0 Å². The molecular weight excluding hydrogens is 699 g/mol. The second-order valence-electron chi connectivity index (χ2n) is 14.9. The summed E-state index contributed by atoms with van der Waals surface area (Å²) < 4.78 is 7.51. The van der Waals surface area contributed by atoms with E-state index in [0.29, 0.717) is 0 Å². The largest absolute Gasteiger partial charge is 0.309 e. The highest BCUT2D eigenvalue weighted by atomic mass is 32.2. The van der Waals surface area contributed by atoms with E-state index in [4.69, 9.17) is 0 Å².